The lowest BCUT2D eigenvalue weighted by Gasteiger charge is -2.06. The van der Waals surface area contributed by atoms with Crippen molar-refractivity contribution in [3.8, 4) is 0 Å². The highest BCUT2D eigenvalue weighted by atomic mass is 35.5. The fourth-order valence-electron chi connectivity index (χ4n) is 1.83. The fourth-order valence-corrected chi connectivity index (χ4v) is 2.32. The van der Waals surface area contributed by atoms with Crippen LogP contribution in [0.2, 0.25) is 10.0 Å². The van der Waals surface area contributed by atoms with Crippen LogP contribution in [0.15, 0.2) is 47.6 Å². The molecule has 0 saturated carbocycles. The summed E-state index contributed by atoms with van der Waals surface area (Å²) in [6, 6.07) is 9.99. The lowest BCUT2D eigenvalue weighted by atomic mass is 10.2. The molecule has 10 heteroatoms. The van der Waals surface area contributed by atoms with E-state index in [1.807, 2.05) is 0 Å². The van der Waals surface area contributed by atoms with Crippen LogP contribution in [0.25, 0.3) is 0 Å². The Hall–Kier alpha value is -2.97. The van der Waals surface area contributed by atoms with Crippen molar-refractivity contribution in [2.24, 2.45) is 5.10 Å². The smallest absolute Gasteiger partial charge is 0.269 e. The number of hydrazone groups is 1. The van der Waals surface area contributed by atoms with Gasteiger partial charge in [0.2, 0.25) is 0 Å². The SMILES string of the molecule is O=C(CNC(=O)c1ccc(Cl)cc1Cl)NN=Cc1ccc([N+](=O)[O-])cc1. The van der Waals surface area contributed by atoms with Gasteiger partial charge in [0.25, 0.3) is 17.5 Å². The van der Waals surface area contributed by atoms with Gasteiger partial charge in [-0.2, -0.15) is 5.10 Å². The molecule has 0 aliphatic rings. The van der Waals surface area contributed by atoms with E-state index >= 15 is 0 Å². The van der Waals surface area contributed by atoms with Crippen molar-refractivity contribution in [2.45, 2.75) is 0 Å². The third kappa shape index (κ3) is 5.54. The number of non-ortho nitro benzene ring substituents is 1. The van der Waals surface area contributed by atoms with Gasteiger partial charge in [-0.1, -0.05) is 23.2 Å². The van der Waals surface area contributed by atoms with Crippen LogP contribution in [-0.4, -0.2) is 29.5 Å². The third-order valence-corrected chi connectivity index (χ3v) is 3.64. The van der Waals surface area contributed by atoms with Gasteiger partial charge in [0.05, 0.1) is 28.3 Å². The number of carbonyl (C=O) groups excluding carboxylic acids is 2. The molecule has 134 valence electrons. The Balaban J connectivity index is 1.83. The van der Waals surface area contributed by atoms with Gasteiger partial charge >= 0.3 is 0 Å². The first-order valence-corrected chi connectivity index (χ1v) is 7.92. The highest BCUT2D eigenvalue weighted by Gasteiger charge is 2.11. The molecule has 2 aromatic rings. The Morgan fingerprint density at radius 2 is 1.85 bits per heavy atom. The van der Waals surface area contributed by atoms with Crippen LogP contribution in [-0.2, 0) is 4.79 Å². The molecule has 0 bridgehead atoms. The summed E-state index contributed by atoms with van der Waals surface area (Å²) < 4.78 is 0. The van der Waals surface area contributed by atoms with E-state index < -0.39 is 16.7 Å². The van der Waals surface area contributed by atoms with E-state index in [-0.39, 0.29) is 22.8 Å². The maximum atomic E-state index is 12.0. The zero-order chi connectivity index (χ0) is 19.1. The summed E-state index contributed by atoms with van der Waals surface area (Å²) >= 11 is 11.7. The predicted octanol–water partition coefficient (Wildman–Crippen LogP) is 2.78. The van der Waals surface area contributed by atoms with Gasteiger partial charge < -0.3 is 5.32 Å². The van der Waals surface area contributed by atoms with Crippen LogP contribution in [0.1, 0.15) is 15.9 Å². The molecule has 2 rings (SSSR count). The Bertz CT molecular complexity index is 869. The summed E-state index contributed by atoms with van der Waals surface area (Å²) in [5.74, 6) is -1.08. The van der Waals surface area contributed by atoms with Crippen molar-refractivity contribution in [3.63, 3.8) is 0 Å². The monoisotopic (exact) mass is 394 g/mol. The standard InChI is InChI=1S/C16H12Cl2N4O4/c17-11-3-6-13(14(18)7-11)16(24)19-9-15(23)21-20-8-10-1-4-12(5-2-10)22(25)26/h1-8H,9H2,(H,19,24)(H,21,23). The Labute approximate surface area is 157 Å². The van der Waals surface area contributed by atoms with E-state index in [1.54, 1.807) is 0 Å². The second-order valence-corrected chi connectivity index (χ2v) is 5.79. The first-order chi connectivity index (χ1) is 12.4. The topological polar surface area (TPSA) is 114 Å². The number of nitro groups is 1. The second kappa shape index (κ2) is 8.93. The van der Waals surface area contributed by atoms with E-state index in [4.69, 9.17) is 23.2 Å². The molecule has 8 nitrogen and oxygen atoms in total. The van der Waals surface area contributed by atoms with Gasteiger partial charge in [0, 0.05) is 17.2 Å². The highest BCUT2D eigenvalue weighted by Crippen LogP contribution is 2.20. The van der Waals surface area contributed by atoms with Gasteiger partial charge in [-0.15, -0.1) is 0 Å². The Morgan fingerprint density at radius 1 is 1.15 bits per heavy atom. The summed E-state index contributed by atoms with van der Waals surface area (Å²) in [6.07, 6.45) is 1.32. The Kier molecular flexibility index (Phi) is 6.65. The predicted molar refractivity (Wildman–Crippen MR) is 97.6 cm³/mol. The molecule has 0 unspecified atom stereocenters. The summed E-state index contributed by atoms with van der Waals surface area (Å²) in [5.41, 5.74) is 2.94. The van der Waals surface area contributed by atoms with Crippen LogP contribution >= 0.6 is 23.2 Å². The molecule has 26 heavy (non-hydrogen) atoms. The van der Waals surface area contributed by atoms with Crippen molar-refractivity contribution in [1.29, 1.82) is 0 Å². The van der Waals surface area contributed by atoms with Crippen LogP contribution in [0, 0.1) is 10.1 Å². The summed E-state index contributed by atoms with van der Waals surface area (Å²) in [5, 5.41) is 17.2. The zero-order valence-corrected chi connectivity index (χ0v) is 14.6. The van der Waals surface area contributed by atoms with Crippen molar-refractivity contribution in [3.05, 3.63) is 73.8 Å². The molecule has 0 aliphatic heterocycles. The normalized spacial score (nSPS) is 10.5. The summed E-state index contributed by atoms with van der Waals surface area (Å²) in [7, 11) is 0. The number of halogens is 2. The fraction of sp³-hybridized carbons (Fsp3) is 0.0625. The minimum Gasteiger partial charge on any atom is -0.343 e. The van der Waals surface area contributed by atoms with Crippen molar-refractivity contribution in [1.82, 2.24) is 10.7 Å². The Morgan fingerprint density at radius 3 is 2.46 bits per heavy atom. The largest absolute Gasteiger partial charge is 0.343 e. The number of carbonyl (C=O) groups is 2. The summed E-state index contributed by atoms with van der Waals surface area (Å²) in [4.78, 5) is 33.7. The van der Waals surface area contributed by atoms with Crippen LogP contribution in [0.3, 0.4) is 0 Å². The second-order valence-electron chi connectivity index (χ2n) is 4.95. The first kappa shape index (κ1) is 19.4. The van der Waals surface area contributed by atoms with E-state index in [0.29, 0.717) is 10.6 Å². The van der Waals surface area contributed by atoms with Crippen LogP contribution in [0.4, 0.5) is 5.69 Å². The molecule has 0 atom stereocenters. The number of hydrogen-bond donors (Lipinski definition) is 2. The zero-order valence-electron chi connectivity index (χ0n) is 13.1. The molecular formula is C16H12Cl2N4O4. The molecule has 0 spiro atoms. The van der Waals surface area contributed by atoms with Gasteiger partial charge in [0.15, 0.2) is 0 Å². The maximum absolute atomic E-state index is 12.0. The number of nitrogens with one attached hydrogen (secondary N) is 2. The quantitative estimate of drug-likeness (QED) is 0.445. The number of rotatable bonds is 6. The van der Waals surface area contributed by atoms with Gasteiger partial charge in [0.1, 0.15) is 0 Å². The minimum atomic E-state index is -0.554. The average Bonchev–Trinajstić information content (AvgIpc) is 2.60. The van der Waals surface area contributed by atoms with E-state index in [1.165, 1.54) is 48.7 Å². The van der Waals surface area contributed by atoms with Gasteiger partial charge in [-0.25, -0.2) is 5.43 Å². The molecule has 2 N–H and O–H groups in total. The van der Waals surface area contributed by atoms with Crippen LogP contribution < -0.4 is 10.7 Å². The molecule has 0 aromatic heterocycles. The molecule has 0 fully saturated rings. The molecular weight excluding hydrogens is 383 g/mol. The lowest BCUT2D eigenvalue weighted by Crippen LogP contribution is -2.35. The number of benzene rings is 2. The number of amides is 2. The lowest BCUT2D eigenvalue weighted by molar-refractivity contribution is -0.384. The number of nitrogens with zero attached hydrogens (tertiary/aromatic N) is 2. The molecule has 0 heterocycles. The minimum absolute atomic E-state index is 0.0465. The molecule has 2 amide bonds. The molecule has 0 saturated heterocycles. The molecule has 0 aliphatic carbocycles. The van der Waals surface area contributed by atoms with E-state index in [2.05, 4.69) is 15.8 Å². The summed E-state index contributed by atoms with van der Waals surface area (Å²) in [6.45, 7) is -0.310. The first-order valence-electron chi connectivity index (χ1n) is 7.16. The van der Waals surface area contributed by atoms with Crippen molar-refractivity contribution < 1.29 is 14.5 Å². The number of nitro benzene ring substituents is 1. The number of hydrogen-bond acceptors (Lipinski definition) is 5. The van der Waals surface area contributed by atoms with Crippen molar-refractivity contribution in [2.75, 3.05) is 6.54 Å². The van der Waals surface area contributed by atoms with Crippen molar-refractivity contribution >= 4 is 46.9 Å². The average molecular weight is 395 g/mol. The van der Waals surface area contributed by atoms with Gasteiger partial charge in [-0.05, 0) is 35.9 Å². The van der Waals surface area contributed by atoms with Gasteiger partial charge in [-0.3, -0.25) is 19.7 Å². The molecule has 2 aromatic carbocycles. The third-order valence-electron chi connectivity index (χ3n) is 3.09. The van der Waals surface area contributed by atoms with Crippen LogP contribution in [0.5, 0.6) is 0 Å². The highest BCUT2D eigenvalue weighted by molar-refractivity contribution is 6.36. The maximum Gasteiger partial charge on any atom is 0.269 e. The molecule has 0 radical (unpaired) electrons. The van der Waals surface area contributed by atoms with E-state index in [9.17, 15) is 19.7 Å². The van der Waals surface area contributed by atoms with E-state index in [0.717, 1.165) is 0 Å².